The summed E-state index contributed by atoms with van der Waals surface area (Å²) < 4.78 is 5.37. The highest BCUT2D eigenvalue weighted by atomic mass is 35.5. The summed E-state index contributed by atoms with van der Waals surface area (Å²) in [4.78, 5) is 28.3. The van der Waals surface area contributed by atoms with E-state index in [4.69, 9.17) is 27.6 Å². The van der Waals surface area contributed by atoms with E-state index in [0.717, 1.165) is 5.56 Å². The number of para-hydroxylation sites is 1. The number of thioether (sulfide) groups is 1. The maximum atomic E-state index is 13.4. The van der Waals surface area contributed by atoms with E-state index in [1.807, 2.05) is 25.1 Å². The summed E-state index contributed by atoms with van der Waals surface area (Å²) in [7, 11) is 0. The molecule has 0 atom stereocenters. The second kappa shape index (κ2) is 8.11. The molecular weight excluding hydrogens is 429 g/mol. The standard InChI is InChI=1S/C22H15Cl2NO3S/c1-13-5-2-3-7-18(13)25-21(26)19(16-9-8-14(23)11-17(16)24)20(22(25)27)29-12-15-6-4-10-28-15/h2-11H,12H2,1H3. The lowest BCUT2D eigenvalue weighted by atomic mass is 10.1. The number of halogens is 2. The second-order valence-electron chi connectivity index (χ2n) is 6.43. The van der Waals surface area contributed by atoms with Crippen LogP contribution in [0.2, 0.25) is 10.0 Å². The van der Waals surface area contributed by atoms with Crippen molar-refractivity contribution in [3.05, 3.63) is 92.7 Å². The predicted octanol–water partition coefficient (Wildman–Crippen LogP) is 6.11. The van der Waals surface area contributed by atoms with E-state index in [-0.39, 0.29) is 11.5 Å². The van der Waals surface area contributed by atoms with Gasteiger partial charge in [-0.15, -0.1) is 11.8 Å². The van der Waals surface area contributed by atoms with Crippen LogP contribution in [0, 0.1) is 6.92 Å². The van der Waals surface area contributed by atoms with Gasteiger partial charge in [-0.1, -0.05) is 47.5 Å². The maximum Gasteiger partial charge on any atom is 0.272 e. The average Bonchev–Trinajstić information content (AvgIpc) is 3.28. The molecule has 0 bridgehead atoms. The van der Waals surface area contributed by atoms with Crippen molar-refractivity contribution in [1.82, 2.24) is 0 Å². The number of rotatable bonds is 5. The molecule has 29 heavy (non-hydrogen) atoms. The third kappa shape index (κ3) is 3.73. The second-order valence-corrected chi connectivity index (χ2v) is 8.26. The van der Waals surface area contributed by atoms with Gasteiger partial charge in [0.2, 0.25) is 0 Å². The Morgan fingerprint density at radius 3 is 2.48 bits per heavy atom. The average molecular weight is 444 g/mol. The van der Waals surface area contributed by atoms with Gasteiger partial charge in [0.15, 0.2) is 0 Å². The Morgan fingerprint density at radius 2 is 1.79 bits per heavy atom. The number of anilines is 1. The van der Waals surface area contributed by atoms with Crippen molar-refractivity contribution in [2.45, 2.75) is 12.7 Å². The summed E-state index contributed by atoms with van der Waals surface area (Å²) >= 11 is 13.7. The largest absolute Gasteiger partial charge is 0.468 e. The highest BCUT2D eigenvalue weighted by Crippen LogP contribution is 2.42. The van der Waals surface area contributed by atoms with E-state index in [9.17, 15) is 9.59 Å². The molecule has 0 radical (unpaired) electrons. The maximum absolute atomic E-state index is 13.4. The van der Waals surface area contributed by atoms with E-state index in [1.165, 1.54) is 16.7 Å². The number of carbonyl (C=O) groups is 2. The zero-order valence-electron chi connectivity index (χ0n) is 15.3. The van der Waals surface area contributed by atoms with Gasteiger partial charge in [0.1, 0.15) is 5.76 Å². The van der Waals surface area contributed by atoms with Crippen LogP contribution in [0.25, 0.3) is 5.57 Å². The quantitative estimate of drug-likeness (QED) is 0.446. The van der Waals surface area contributed by atoms with Gasteiger partial charge in [-0.2, -0.15) is 0 Å². The molecular formula is C22H15Cl2NO3S. The highest BCUT2D eigenvalue weighted by molar-refractivity contribution is 8.03. The number of furan rings is 1. The molecule has 0 aliphatic carbocycles. The van der Waals surface area contributed by atoms with Crippen molar-refractivity contribution < 1.29 is 14.0 Å². The van der Waals surface area contributed by atoms with E-state index in [0.29, 0.717) is 37.7 Å². The molecule has 4 rings (SSSR count). The number of benzene rings is 2. The fourth-order valence-electron chi connectivity index (χ4n) is 3.14. The third-order valence-corrected chi connectivity index (χ3v) is 6.18. The fourth-order valence-corrected chi connectivity index (χ4v) is 4.65. The number of nitrogens with zero attached hydrogens (tertiary/aromatic N) is 1. The van der Waals surface area contributed by atoms with Crippen molar-refractivity contribution in [3.8, 4) is 0 Å². The van der Waals surface area contributed by atoms with Gasteiger partial charge in [0.05, 0.1) is 33.2 Å². The lowest BCUT2D eigenvalue weighted by Crippen LogP contribution is -2.31. The molecule has 2 heterocycles. The highest BCUT2D eigenvalue weighted by Gasteiger charge is 2.41. The monoisotopic (exact) mass is 443 g/mol. The SMILES string of the molecule is Cc1ccccc1N1C(=O)C(SCc2ccco2)=C(c2ccc(Cl)cc2Cl)C1=O. The summed E-state index contributed by atoms with van der Waals surface area (Å²) in [6, 6.07) is 15.8. The fraction of sp³-hybridized carbons (Fsp3) is 0.0909. The van der Waals surface area contributed by atoms with E-state index >= 15 is 0 Å². The van der Waals surface area contributed by atoms with Gasteiger partial charge in [0, 0.05) is 10.6 Å². The molecule has 2 amide bonds. The van der Waals surface area contributed by atoms with Crippen molar-refractivity contribution in [2.24, 2.45) is 0 Å². The minimum Gasteiger partial charge on any atom is -0.468 e. The van der Waals surface area contributed by atoms with Crippen LogP contribution in [0.5, 0.6) is 0 Å². The number of amides is 2. The Kier molecular flexibility index (Phi) is 5.54. The zero-order chi connectivity index (χ0) is 20.5. The lowest BCUT2D eigenvalue weighted by molar-refractivity contribution is -0.119. The van der Waals surface area contributed by atoms with Crippen LogP contribution in [0.4, 0.5) is 5.69 Å². The molecule has 0 fully saturated rings. The van der Waals surface area contributed by atoms with Crippen LogP contribution in [0.1, 0.15) is 16.9 Å². The molecule has 4 nitrogen and oxygen atoms in total. The molecule has 1 aliphatic heterocycles. The van der Waals surface area contributed by atoms with E-state index in [1.54, 1.807) is 42.7 Å². The predicted molar refractivity (Wildman–Crippen MR) is 117 cm³/mol. The van der Waals surface area contributed by atoms with E-state index < -0.39 is 5.91 Å². The van der Waals surface area contributed by atoms with Gasteiger partial charge in [-0.25, -0.2) is 4.90 Å². The molecule has 0 N–H and O–H groups in total. The molecule has 2 aromatic carbocycles. The Hall–Kier alpha value is -2.47. The van der Waals surface area contributed by atoms with Crippen molar-refractivity contribution in [2.75, 3.05) is 4.90 Å². The van der Waals surface area contributed by atoms with Gasteiger partial charge >= 0.3 is 0 Å². The van der Waals surface area contributed by atoms with Gasteiger partial charge in [-0.05, 0) is 42.8 Å². The Bertz CT molecular complexity index is 1140. The summed E-state index contributed by atoms with van der Waals surface area (Å²) in [5.74, 6) is 0.341. The normalized spacial score (nSPS) is 14.2. The number of carbonyl (C=O) groups excluding carboxylic acids is 2. The molecule has 7 heteroatoms. The van der Waals surface area contributed by atoms with E-state index in [2.05, 4.69) is 0 Å². The third-order valence-electron chi connectivity index (χ3n) is 4.54. The molecule has 1 aliphatic rings. The van der Waals surface area contributed by atoms with Gasteiger partial charge in [-0.3, -0.25) is 9.59 Å². The van der Waals surface area contributed by atoms with Crippen LogP contribution < -0.4 is 4.90 Å². The lowest BCUT2D eigenvalue weighted by Gasteiger charge is -2.17. The minimum atomic E-state index is -0.407. The smallest absolute Gasteiger partial charge is 0.272 e. The Morgan fingerprint density at radius 1 is 1.00 bits per heavy atom. The Labute approximate surface area is 182 Å². The summed E-state index contributed by atoms with van der Waals surface area (Å²) in [6.07, 6.45) is 1.57. The summed E-state index contributed by atoms with van der Waals surface area (Å²) in [5, 5.41) is 0.771. The first-order valence-corrected chi connectivity index (χ1v) is 10.5. The van der Waals surface area contributed by atoms with Crippen LogP contribution >= 0.6 is 35.0 Å². The summed E-state index contributed by atoms with van der Waals surface area (Å²) in [5.41, 5.74) is 2.13. The van der Waals surface area contributed by atoms with Gasteiger partial charge < -0.3 is 4.42 Å². The number of hydrogen-bond donors (Lipinski definition) is 0. The molecule has 1 aromatic heterocycles. The van der Waals surface area contributed by atoms with Gasteiger partial charge in [0.25, 0.3) is 11.8 Å². The summed E-state index contributed by atoms with van der Waals surface area (Å²) in [6.45, 7) is 1.86. The molecule has 0 unspecified atom stereocenters. The number of imide groups is 1. The first kappa shape index (κ1) is 19.8. The first-order valence-electron chi connectivity index (χ1n) is 8.76. The molecule has 0 spiro atoms. The minimum absolute atomic E-state index is 0.275. The van der Waals surface area contributed by atoms with Crippen LogP contribution in [-0.2, 0) is 15.3 Å². The van der Waals surface area contributed by atoms with Crippen molar-refractivity contribution in [3.63, 3.8) is 0 Å². The zero-order valence-corrected chi connectivity index (χ0v) is 17.6. The number of aryl methyl sites for hydroxylation is 1. The topological polar surface area (TPSA) is 50.5 Å². The van der Waals surface area contributed by atoms with Crippen LogP contribution in [0.15, 0.2) is 70.2 Å². The Balaban J connectivity index is 1.81. The molecule has 3 aromatic rings. The van der Waals surface area contributed by atoms with Crippen molar-refractivity contribution in [1.29, 1.82) is 0 Å². The molecule has 146 valence electrons. The first-order chi connectivity index (χ1) is 14.0. The molecule has 0 saturated heterocycles. The number of hydrogen-bond acceptors (Lipinski definition) is 4. The molecule has 0 saturated carbocycles. The van der Waals surface area contributed by atoms with Crippen LogP contribution in [0.3, 0.4) is 0 Å². The van der Waals surface area contributed by atoms with Crippen molar-refractivity contribution >= 4 is 58.0 Å². The van der Waals surface area contributed by atoms with Crippen LogP contribution in [-0.4, -0.2) is 11.8 Å².